The van der Waals surface area contributed by atoms with Gasteiger partial charge in [0.2, 0.25) is 17.6 Å². The second-order valence-electron chi connectivity index (χ2n) is 5.23. The predicted molar refractivity (Wildman–Crippen MR) is 77.7 cm³/mol. The zero-order chi connectivity index (χ0) is 15.4. The number of hydrogen-bond donors (Lipinski definition) is 0. The number of methoxy groups -OCH3 is 1. The van der Waals surface area contributed by atoms with Crippen LogP contribution in [0.2, 0.25) is 0 Å². The topological polar surface area (TPSA) is 81.4 Å². The largest absolute Gasteiger partial charge is 0.375 e. The maximum Gasteiger partial charge on any atom is 0.249 e. The van der Waals surface area contributed by atoms with Crippen LogP contribution in [0.4, 0.5) is 0 Å². The van der Waals surface area contributed by atoms with Gasteiger partial charge < -0.3 is 14.2 Å². The van der Waals surface area contributed by atoms with Crippen molar-refractivity contribution in [2.24, 2.45) is 0 Å². The van der Waals surface area contributed by atoms with E-state index in [1.165, 1.54) is 7.11 Å². The van der Waals surface area contributed by atoms with Crippen LogP contribution >= 0.6 is 0 Å². The Morgan fingerprint density at radius 1 is 1.50 bits per heavy atom. The van der Waals surface area contributed by atoms with E-state index in [2.05, 4.69) is 15.1 Å². The number of nitrogens with zero attached hydrogens (tertiary/aromatic N) is 4. The lowest BCUT2D eigenvalue weighted by Gasteiger charge is -2.33. The summed E-state index contributed by atoms with van der Waals surface area (Å²) in [6.07, 6.45) is 6.21. The van der Waals surface area contributed by atoms with Crippen LogP contribution < -0.4 is 0 Å². The number of ether oxygens (including phenoxy) is 1. The number of amides is 1. The molecule has 0 N–H and O–H groups in total. The normalized spacial score (nSPS) is 18.4. The summed E-state index contributed by atoms with van der Waals surface area (Å²) in [5, 5.41) is 4.01. The summed E-state index contributed by atoms with van der Waals surface area (Å²) < 4.78 is 10.3. The van der Waals surface area contributed by atoms with Crippen molar-refractivity contribution in [3.63, 3.8) is 0 Å². The predicted octanol–water partition coefficient (Wildman–Crippen LogP) is 1.83. The van der Waals surface area contributed by atoms with Crippen molar-refractivity contribution < 1.29 is 14.1 Å². The summed E-state index contributed by atoms with van der Waals surface area (Å²) in [5.41, 5.74) is 0.795. The van der Waals surface area contributed by atoms with Gasteiger partial charge in [0.05, 0.1) is 0 Å². The molecule has 0 saturated carbocycles. The summed E-state index contributed by atoms with van der Waals surface area (Å²) in [5.74, 6) is 0.921. The number of carbonyl (C=O) groups excluding carboxylic acids is 1. The molecule has 0 aliphatic carbocycles. The first-order valence-electron chi connectivity index (χ1n) is 7.32. The van der Waals surface area contributed by atoms with Crippen LogP contribution in [-0.4, -0.2) is 46.2 Å². The average molecular weight is 302 g/mol. The molecule has 2 aromatic rings. The lowest BCUT2D eigenvalue weighted by Crippen LogP contribution is -2.40. The molecule has 0 unspecified atom stereocenters. The van der Waals surface area contributed by atoms with Gasteiger partial charge in [-0.25, -0.2) is 0 Å². The highest BCUT2D eigenvalue weighted by Gasteiger charge is 2.32. The molecular formula is C15H18N4O3. The van der Waals surface area contributed by atoms with Gasteiger partial charge in [-0.05, 0) is 31.4 Å². The molecule has 7 heteroatoms. The molecule has 2 aromatic heterocycles. The van der Waals surface area contributed by atoms with E-state index in [9.17, 15) is 4.79 Å². The molecule has 0 bridgehead atoms. The van der Waals surface area contributed by atoms with E-state index in [4.69, 9.17) is 9.26 Å². The minimum atomic E-state index is -0.172. The van der Waals surface area contributed by atoms with E-state index >= 15 is 0 Å². The monoisotopic (exact) mass is 302 g/mol. The third-order valence-electron chi connectivity index (χ3n) is 3.74. The van der Waals surface area contributed by atoms with Gasteiger partial charge >= 0.3 is 0 Å². The zero-order valence-electron chi connectivity index (χ0n) is 12.4. The Morgan fingerprint density at radius 2 is 2.41 bits per heavy atom. The third-order valence-corrected chi connectivity index (χ3v) is 3.74. The quantitative estimate of drug-likeness (QED) is 0.857. The second-order valence-corrected chi connectivity index (χ2v) is 5.23. The molecular weight excluding hydrogens is 284 g/mol. The van der Waals surface area contributed by atoms with Gasteiger partial charge in [0, 0.05) is 31.6 Å². The van der Waals surface area contributed by atoms with Crippen molar-refractivity contribution in [1.82, 2.24) is 20.0 Å². The molecule has 3 rings (SSSR count). The van der Waals surface area contributed by atoms with Crippen LogP contribution in [-0.2, 0) is 9.53 Å². The number of likely N-dealkylation sites (tertiary alicyclic amines) is 1. The van der Waals surface area contributed by atoms with Gasteiger partial charge in [0.25, 0.3) is 0 Å². The molecule has 1 fully saturated rings. The standard InChI is InChI=1S/C15H18N4O3/c1-21-10-13(20)19-8-3-2-6-12(19)15-17-14(18-22-15)11-5-4-7-16-9-11/h4-5,7,9,12H,2-3,6,8,10H2,1H3/t12-/m1/s1. The highest BCUT2D eigenvalue weighted by molar-refractivity contribution is 5.78. The molecule has 1 saturated heterocycles. The Labute approximate surface area is 128 Å². The van der Waals surface area contributed by atoms with Gasteiger partial charge in [-0.3, -0.25) is 9.78 Å². The summed E-state index contributed by atoms with van der Waals surface area (Å²) in [4.78, 5) is 22.4. The van der Waals surface area contributed by atoms with Crippen molar-refractivity contribution in [1.29, 1.82) is 0 Å². The van der Waals surface area contributed by atoms with Crippen molar-refractivity contribution in [2.75, 3.05) is 20.3 Å². The first-order chi connectivity index (χ1) is 10.8. The maximum absolute atomic E-state index is 12.2. The van der Waals surface area contributed by atoms with Crippen molar-refractivity contribution in [3.8, 4) is 11.4 Å². The Bertz CT molecular complexity index is 629. The van der Waals surface area contributed by atoms with Gasteiger partial charge in [-0.2, -0.15) is 4.98 Å². The van der Waals surface area contributed by atoms with E-state index in [-0.39, 0.29) is 18.6 Å². The summed E-state index contributed by atoms with van der Waals surface area (Å²) in [7, 11) is 1.52. The minimum absolute atomic E-state index is 0.0478. The SMILES string of the molecule is COCC(=O)N1CCCC[C@@H]1c1nc(-c2cccnc2)no1. The Kier molecular flexibility index (Phi) is 4.43. The molecule has 1 aliphatic rings. The third kappa shape index (κ3) is 2.99. The number of piperidine rings is 1. The van der Waals surface area contributed by atoms with Crippen LogP contribution in [0.3, 0.4) is 0 Å². The summed E-state index contributed by atoms with van der Waals surface area (Å²) in [6.45, 7) is 0.761. The number of pyridine rings is 1. The fraction of sp³-hybridized carbons (Fsp3) is 0.467. The first-order valence-corrected chi connectivity index (χ1v) is 7.32. The maximum atomic E-state index is 12.2. The molecule has 1 aliphatic heterocycles. The van der Waals surface area contributed by atoms with Crippen LogP contribution in [0.15, 0.2) is 29.0 Å². The van der Waals surface area contributed by atoms with Gasteiger partial charge in [-0.1, -0.05) is 5.16 Å². The number of carbonyl (C=O) groups is 1. The summed E-state index contributed by atoms with van der Waals surface area (Å²) in [6, 6.07) is 3.52. The Balaban J connectivity index is 1.82. The van der Waals surface area contributed by atoms with E-state index in [1.54, 1.807) is 17.3 Å². The van der Waals surface area contributed by atoms with E-state index in [1.807, 2.05) is 12.1 Å². The van der Waals surface area contributed by atoms with Gasteiger partial charge in [0.15, 0.2) is 0 Å². The van der Waals surface area contributed by atoms with Crippen molar-refractivity contribution in [3.05, 3.63) is 30.4 Å². The first kappa shape index (κ1) is 14.6. The summed E-state index contributed by atoms with van der Waals surface area (Å²) >= 11 is 0. The average Bonchev–Trinajstić information content (AvgIpc) is 3.06. The minimum Gasteiger partial charge on any atom is -0.375 e. The van der Waals surface area contributed by atoms with Crippen LogP contribution in [0.5, 0.6) is 0 Å². The van der Waals surface area contributed by atoms with Crippen LogP contribution in [0, 0.1) is 0 Å². The van der Waals surface area contributed by atoms with E-state index in [0.29, 0.717) is 18.3 Å². The Morgan fingerprint density at radius 3 is 3.18 bits per heavy atom. The van der Waals surface area contributed by atoms with Gasteiger partial charge in [0.1, 0.15) is 12.6 Å². The van der Waals surface area contributed by atoms with Crippen LogP contribution in [0.1, 0.15) is 31.2 Å². The highest BCUT2D eigenvalue weighted by atomic mass is 16.5. The lowest BCUT2D eigenvalue weighted by atomic mass is 10.0. The molecule has 0 spiro atoms. The lowest BCUT2D eigenvalue weighted by molar-refractivity contribution is -0.139. The Hall–Kier alpha value is -2.28. The molecule has 0 radical (unpaired) electrons. The zero-order valence-corrected chi connectivity index (χ0v) is 12.4. The fourth-order valence-corrected chi connectivity index (χ4v) is 2.68. The van der Waals surface area contributed by atoms with Crippen molar-refractivity contribution >= 4 is 5.91 Å². The molecule has 1 amide bonds. The molecule has 0 aromatic carbocycles. The van der Waals surface area contributed by atoms with E-state index in [0.717, 1.165) is 24.8 Å². The molecule has 3 heterocycles. The number of hydrogen-bond acceptors (Lipinski definition) is 6. The number of aromatic nitrogens is 3. The molecule has 116 valence electrons. The number of rotatable bonds is 4. The van der Waals surface area contributed by atoms with Gasteiger partial charge in [-0.15, -0.1) is 0 Å². The molecule has 22 heavy (non-hydrogen) atoms. The highest BCUT2D eigenvalue weighted by Crippen LogP contribution is 2.31. The van der Waals surface area contributed by atoms with Crippen LogP contribution in [0.25, 0.3) is 11.4 Å². The van der Waals surface area contributed by atoms with Crippen molar-refractivity contribution in [2.45, 2.75) is 25.3 Å². The second kappa shape index (κ2) is 6.65. The fourth-order valence-electron chi connectivity index (χ4n) is 2.68. The molecule has 7 nitrogen and oxygen atoms in total. The smallest absolute Gasteiger partial charge is 0.249 e. The molecule has 1 atom stereocenters. The van der Waals surface area contributed by atoms with E-state index < -0.39 is 0 Å².